The van der Waals surface area contributed by atoms with Crippen LogP contribution in [-0.4, -0.2) is 40.5 Å². The fourth-order valence-corrected chi connectivity index (χ4v) is 2.55. The molecule has 1 rings (SSSR count). The van der Waals surface area contributed by atoms with Crippen LogP contribution in [0.2, 0.25) is 0 Å². The molecule has 1 saturated heterocycles. The highest BCUT2D eigenvalue weighted by Gasteiger charge is 2.52. The lowest BCUT2D eigenvalue weighted by Crippen LogP contribution is -2.69. The molecule has 1 aliphatic rings. The van der Waals surface area contributed by atoms with E-state index >= 15 is 0 Å². The average molecular weight is 270 g/mol. The highest BCUT2D eigenvalue weighted by atomic mass is 32.2. The van der Waals surface area contributed by atoms with E-state index in [-0.39, 0.29) is 19.6 Å². The summed E-state index contributed by atoms with van der Waals surface area (Å²) in [5.74, 6) is 0. The van der Waals surface area contributed by atoms with Gasteiger partial charge in [0.15, 0.2) is 0 Å². The molecule has 0 aromatic rings. The number of hydrogen-bond acceptors (Lipinski definition) is 4. The van der Waals surface area contributed by atoms with Crippen LogP contribution in [0.25, 0.3) is 0 Å². The maximum Gasteiger partial charge on any atom is 0.262 e. The van der Waals surface area contributed by atoms with E-state index in [1.165, 1.54) is 0 Å². The van der Waals surface area contributed by atoms with Gasteiger partial charge < -0.3 is 15.0 Å². The Labute approximate surface area is 104 Å². The molecular formula is C10H20F2N2O2S. The van der Waals surface area contributed by atoms with Crippen molar-refractivity contribution in [1.82, 2.24) is 4.72 Å². The molecule has 0 aromatic heterocycles. The molecule has 0 amide bonds. The van der Waals surface area contributed by atoms with Gasteiger partial charge in [0.05, 0.1) is 12.6 Å². The molecule has 3 N–H and O–H groups in total. The number of hydrogen-bond donors (Lipinski definition) is 2. The van der Waals surface area contributed by atoms with Crippen LogP contribution in [0.4, 0.5) is 8.78 Å². The molecule has 0 spiro atoms. The van der Waals surface area contributed by atoms with Crippen LogP contribution in [0.1, 0.15) is 27.2 Å². The van der Waals surface area contributed by atoms with Gasteiger partial charge in [0.2, 0.25) is 0 Å². The number of nitrogens with two attached hydrogens (primary N) is 1. The molecule has 17 heavy (non-hydrogen) atoms. The lowest BCUT2D eigenvalue weighted by molar-refractivity contribution is -0.0495. The first-order valence-electron chi connectivity index (χ1n) is 5.51. The van der Waals surface area contributed by atoms with Gasteiger partial charge >= 0.3 is 0 Å². The van der Waals surface area contributed by atoms with Gasteiger partial charge in [-0.05, 0) is 20.8 Å². The van der Waals surface area contributed by atoms with Crippen LogP contribution in [0.5, 0.6) is 0 Å². The summed E-state index contributed by atoms with van der Waals surface area (Å²) in [6.45, 7) is 5.42. The second-order valence-electron chi connectivity index (χ2n) is 5.26. The first kappa shape index (κ1) is 15.1. The van der Waals surface area contributed by atoms with E-state index < -0.39 is 34.1 Å². The average Bonchev–Trinajstić information content (AvgIpc) is 2.19. The molecule has 4 nitrogen and oxygen atoms in total. The van der Waals surface area contributed by atoms with Crippen molar-refractivity contribution >= 4 is 11.4 Å². The van der Waals surface area contributed by atoms with Gasteiger partial charge in [-0.1, -0.05) is 0 Å². The van der Waals surface area contributed by atoms with Gasteiger partial charge in [0.1, 0.15) is 10.3 Å². The number of alkyl halides is 2. The number of halogens is 2. The van der Waals surface area contributed by atoms with Crippen LogP contribution in [0.3, 0.4) is 0 Å². The lowest BCUT2D eigenvalue weighted by Gasteiger charge is -2.42. The molecule has 1 fully saturated rings. The summed E-state index contributed by atoms with van der Waals surface area (Å²) in [6, 6.07) is -0.859. The molecule has 0 bridgehead atoms. The van der Waals surface area contributed by atoms with Crippen molar-refractivity contribution in [2.24, 2.45) is 5.73 Å². The topological polar surface area (TPSA) is 70.3 Å². The number of nitrogens with one attached hydrogen (secondary N) is 1. The van der Waals surface area contributed by atoms with Crippen molar-refractivity contribution < 1.29 is 18.1 Å². The largest absolute Gasteiger partial charge is 0.598 e. The molecule has 0 saturated carbocycles. The zero-order chi connectivity index (χ0) is 13.3. The second-order valence-corrected chi connectivity index (χ2v) is 7.22. The summed E-state index contributed by atoms with van der Waals surface area (Å²) in [7, 11) is 0. The third-order valence-corrected chi connectivity index (χ3v) is 4.53. The fourth-order valence-electron chi connectivity index (χ4n) is 1.55. The molecule has 1 aliphatic heterocycles. The second kappa shape index (κ2) is 5.36. The van der Waals surface area contributed by atoms with E-state index in [0.29, 0.717) is 0 Å². The predicted molar refractivity (Wildman–Crippen MR) is 63.2 cm³/mol. The van der Waals surface area contributed by atoms with Crippen molar-refractivity contribution in [3.63, 3.8) is 0 Å². The van der Waals surface area contributed by atoms with E-state index in [1.807, 2.05) is 0 Å². The Balaban J connectivity index is 2.85. The Hall–Kier alpha value is 0.0500. The quantitative estimate of drug-likeness (QED) is 0.744. The van der Waals surface area contributed by atoms with Gasteiger partial charge in [0, 0.05) is 24.4 Å². The summed E-state index contributed by atoms with van der Waals surface area (Å²) >= 11 is -1.58. The maximum atomic E-state index is 13.2. The van der Waals surface area contributed by atoms with Gasteiger partial charge in [-0.2, -0.15) is 0 Å². The molecular weight excluding hydrogens is 250 g/mol. The zero-order valence-electron chi connectivity index (χ0n) is 10.3. The zero-order valence-corrected chi connectivity index (χ0v) is 11.2. The van der Waals surface area contributed by atoms with Crippen LogP contribution in [-0.2, 0) is 16.1 Å². The van der Waals surface area contributed by atoms with Crippen molar-refractivity contribution in [3.8, 4) is 0 Å². The predicted octanol–water partition coefficient (Wildman–Crippen LogP) is 0.790. The number of rotatable bonds is 3. The third-order valence-electron chi connectivity index (χ3n) is 2.85. The molecule has 0 radical (unpaired) electrons. The van der Waals surface area contributed by atoms with E-state index in [4.69, 9.17) is 10.5 Å². The van der Waals surface area contributed by atoms with Gasteiger partial charge in [-0.15, -0.1) is 4.72 Å². The normalized spacial score (nSPS) is 32.8. The highest BCUT2D eigenvalue weighted by Crippen LogP contribution is 2.30. The lowest BCUT2D eigenvalue weighted by atomic mass is 9.87. The summed E-state index contributed by atoms with van der Waals surface area (Å²) in [5.41, 5.74) is 4.09. The van der Waals surface area contributed by atoms with Gasteiger partial charge in [-0.3, -0.25) is 0 Å². The summed E-state index contributed by atoms with van der Waals surface area (Å²) in [5, 5.41) is 0. The summed E-state index contributed by atoms with van der Waals surface area (Å²) < 4.78 is 45.4. The summed E-state index contributed by atoms with van der Waals surface area (Å²) in [6.07, 6.45) is -2.61. The maximum absolute atomic E-state index is 13.2. The molecule has 0 unspecified atom stereocenters. The van der Waals surface area contributed by atoms with E-state index in [9.17, 15) is 13.3 Å². The third kappa shape index (κ3) is 3.29. The molecule has 3 atom stereocenters. The van der Waals surface area contributed by atoms with Crippen molar-refractivity contribution in [3.05, 3.63) is 0 Å². The Kier molecular flexibility index (Phi) is 4.76. The molecule has 102 valence electrons. The van der Waals surface area contributed by atoms with Crippen molar-refractivity contribution in [1.29, 1.82) is 0 Å². The Bertz CT molecular complexity index is 263. The molecule has 0 aliphatic carbocycles. The molecule has 7 heteroatoms. The van der Waals surface area contributed by atoms with Crippen LogP contribution < -0.4 is 10.5 Å². The SMILES string of the molecule is CC(C)(C)[S@@+]([O-])N[C@]1(C(F)F)CCOC[C@@H]1N. The van der Waals surface area contributed by atoms with Crippen LogP contribution in [0, 0.1) is 0 Å². The van der Waals surface area contributed by atoms with E-state index in [1.54, 1.807) is 20.8 Å². The van der Waals surface area contributed by atoms with Crippen molar-refractivity contribution in [2.75, 3.05) is 13.2 Å². The minimum atomic E-state index is -2.67. The Morgan fingerprint density at radius 2 is 2.12 bits per heavy atom. The van der Waals surface area contributed by atoms with Crippen LogP contribution in [0.15, 0.2) is 0 Å². The highest BCUT2D eigenvalue weighted by molar-refractivity contribution is 7.90. The fraction of sp³-hybridized carbons (Fsp3) is 1.00. The van der Waals surface area contributed by atoms with Gasteiger partial charge in [-0.25, -0.2) is 8.78 Å². The van der Waals surface area contributed by atoms with E-state index in [0.717, 1.165) is 0 Å². The smallest absolute Gasteiger partial charge is 0.262 e. The first-order chi connectivity index (χ1) is 7.70. The monoisotopic (exact) mass is 270 g/mol. The first-order valence-corrected chi connectivity index (χ1v) is 6.66. The molecule has 0 aromatic carbocycles. The van der Waals surface area contributed by atoms with Crippen LogP contribution >= 0.6 is 0 Å². The standard InChI is InChI=1S/C10H20F2N2O2S/c1-9(2,3)17(15)14-10(8(11)12)4-5-16-6-7(10)13/h7-8,14H,4-6,13H2,1-3H3/t7-,10+,17+/m0/s1. The number of ether oxygens (including phenoxy) is 1. The molecule has 1 heterocycles. The summed E-state index contributed by atoms with van der Waals surface area (Å²) in [4.78, 5) is 0. The Morgan fingerprint density at radius 3 is 2.53 bits per heavy atom. The minimum Gasteiger partial charge on any atom is -0.598 e. The minimum absolute atomic E-state index is 0.0542. The van der Waals surface area contributed by atoms with E-state index in [2.05, 4.69) is 4.72 Å². The van der Waals surface area contributed by atoms with Crippen molar-refractivity contribution in [2.45, 2.75) is 49.9 Å². The van der Waals surface area contributed by atoms with Gasteiger partial charge in [0.25, 0.3) is 6.43 Å². The Morgan fingerprint density at radius 1 is 1.53 bits per heavy atom.